The third-order valence-electron chi connectivity index (χ3n) is 4.97. The fourth-order valence-corrected chi connectivity index (χ4v) is 4.81. The maximum absolute atomic E-state index is 13.0. The largest absolute Gasteiger partial charge is 0.325 e. The summed E-state index contributed by atoms with van der Waals surface area (Å²) in [5, 5.41) is 3.16. The van der Waals surface area contributed by atoms with Crippen LogP contribution in [-0.2, 0) is 16.0 Å². The topological polar surface area (TPSA) is 61.8 Å². The average molecular weight is 472 g/mol. The van der Waals surface area contributed by atoms with E-state index in [1.54, 1.807) is 4.90 Å². The maximum atomic E-state index is 13.0. The van der Waals surface area contributed by atoms with Gasteiger partial charge in [-0.15, -0.1) is 0 Å². The number of carbonyl (C=O) groups is 2. The maximum Gasteiger partial charge on any atom is 0.242 e. The molecule has 7 heteroatoms. The highest BCUT2D eigenvalue weighted by atomic mass is 79.9. The van der Waals surface area contributed by atoms with E-state index in [0.717, 1.165) is 29.4 Å². The molecule has 1 aliphatic heterocycles. The van der Waals surface area contributed by atoms with Crippen molar-refractivity contribution in [3.63, 3.8) is 0 Å². The Morgan fingerprint density at radius 2 is 1.93 bits per heavy atom. The van der Waals surface area contributed by atoms with E-state index < -0.39 is 5.25 Å². The van der Waals surface area contributed by atoms with Crippen molar-refractivity contribution >= 4 is 56.0 Å². The lowest BCUT2D eigenvalue weighted by Crippen LogP contribution is -2.35. The van der Waals surface area contributed by atoms with Crippen molar-refractivity contribution in [2.75, 3.05) is 5.32 Å². The number of hydrogen-bond acceptors (Lipinski definition) is 4. The molecule has 29 heavy (non-hydrogen) atoms. The average Bonchev–Trinajstić information content (AvgIpc) is 3.50. The summed E-state index contributed by atoms with van der Waals surface area (Å²) < 4.78 is 0.816. The minimum absolute atomic E-state index is 0.0105. The molecule has 2 amide bonds. The zero-order valence-corrected chi connectivity index (χ0v) is 18.5. The van der Waals surface area contributed by atoms with Gasteiger partial charge in [0.2, 0.25) is 11.8 Å². The molecule has 1 N–H and O–H groups in total. The molecule has 5 nitrogen and oxygen atoms in total. The molecule has 2 aliphatic rings. The van der Waals surface area contributed by atoms with Crippen molar-refractivity contribution in [3.05, 3.63) is 58.6 Å². The number of nitrogens with zero attached hydrogens (tertiary/aromatic N) is 2. The number of amidine groups is 1. The summed E-state index contributed by atoms with van der Waals surface area (Å²) in [6, 6.07) is 15.8. The number of thioether (sulfide) groups is 1. The molecule has 2 aromatic rings. The van der Waals surface area contributed by atoms with Gasteiger partial charge in [0.05, 0.1) is 11.4 Å². The Morgan fingerprint density at radius 3 is 2.59 bits per heavy atom. The molecule has 150 valence electrons. The van der Waals surface area contributed by atoms with Gasteiger partial charge in [0, 0.05) is 16.9 Å². The molecule has 4 rings (SSSR count). The van der Waals surface area contributed by atoms with Gasteiger partial charge in [-0.3, -0.25) is 14.5 Å². The number of halogens is 1. The molecule has 1 heterocycles. The number of aryl methyl sites for hydroxylation is 1. The number of amides is 2. The Morgan fingerprint density at radius 1 is 1.21 bits per heavy atom. The predicted octanol–water partition coefficient (Wildman–Crippen LogP) is 5.13. The number of aliphatic imine (C=N–C) groups is 1. The number of rotatable bonds is 6. The number of hydrogen-bond donors (Lipinski definition) is 1. The molecule has 0 spiro atoms. The van der Waals surface area contributed by atoms with Crippen LogP contribution < -0.4 is 5.32 Å². The summed E-state index contributed by atoms with van der Waals surface area (Å²) in [5.74, 6) is -0.184. The Balaban J connectivity index is 1.48. The SMILES string of the molecule is CCc1ccc(N=C2SC(CC(=O)Nc3ccccc3Br)C(=O)N2C2CC2)cc1. The zero-order chi connectivity index (χ0) is 20.4. The van der Waals surface area contributed by atoms with Crippen LogP contribution in [0.3, 0.4) is 0 Å². The number of anilines is 1. The van der Waals surface area contributed by atoms with Crippen LogP contribution in [0.1, 0.15) is 31.7 Å². The molecular formula is C22H22BrN3O2S. The lowest BCUT2D eigenvalue weighted by atomic mass is 10.2. The first-order valence-corrected chi connectivity index (χ1v) is 11.4. The van der Waals surface area contributed by atoms with E-state index in [2.05, 4.69) is 40.3 Å². The van der Waals surface area contributed by atoms with E-state index in [9.17, 15) is 9.59 Å². The van der Waals surface area contributed by atoms with Gasteiger partial charge in [-0.1, -0.05) is 43.0 Å². The van der Waals surface area contributed by atoms with Gasteiger partial charge in [0.25, 0.3) is 0 Å². The summed E-state index contributed by atoms with van der Waals surface area (Å²) in [7, 11) is 0. The number of carbonyl (C=O) groups excluding carboxylic acids is 2. The molecule has 1 unspecified atom stereocenters. The standard InChI is InChI=1S/C22H22BrN3O2S/c1-2-14-7-9-15(10-8-14)24-22-26(16-11-12-16)21(28)19(29-22)13-20(27)25-18-6-4-3-5-17(18)23/h3-10,16,19H,2,11-13H2,1H3,(H,25,27). The van der Waals surface area contributed by atoms with Gasteiger partial charge in [-0.2, -0.15) is 0 Å². The third-order valence-corrected chi connectivity index (χ3v) is 6.81. The lowest BCUT2D eigenvalue weighted by molar-refractivity contribution is -0.128. The fraction of sp³-hybridized carbons (Fsp3) is 0.318. The first kappa shape index (κ1) is 20.2. The predicted molar refractivity (Wildman–Crippen MR) is 122 cm³/mol. The second-order valence-corrected chi connectivity index (χ2v) is 9.22. The molecule has 0 aromatic heterocycles. The monoisotopic (exact) mass is 471 g/mol. The van der Waals surface area contributed by atoms with Crippen molar-refractivity contribution in [2.45, 2.75) is 43.9 Å². The van der Waals surface area contributed by atoms with Crippen molar-refractivity contribution in [3.8, 4) is 0 Å². The van der Waals surface area contributed by atoms with Crippen LogP contribution >= 0.6 is 27.7 Å². The molecule has 1 saturated carbocycles. The van der Waals surface area contributed by atoms with Crippen LogP contribution in [0.25, 0.3) is 0 Å². The van der Waals surface area contributed by atoms with E-state index in [1.807, 2.05) is 36.4 Å². The van der Waals surface area contributed by atoms with Gasteiger partial charge in [0.15, 0.2) is 5.17 Å². The van der Waals surface area contributed by atoms with Gasteiger partial charge >= 0.3 is 0 Å². The number of para-hydroxylation sites is 1. The van der Waals surface area contributed by atoms with Gasteiger partial charge in [-0.25, -0.2) is 4.99 Å². The van der Waals surface area contributed by atoms with E-state index in [-0.39, 0.29) is 24.3 Å². The smallest absolute Gasteiger partial charge is 0.242 e. The highest BCUT2D eigenvalue weighted by Crippen LogP contribution is 2.39. The van der Waals surface area contributed by atoms with Gasteiger partial charge in [-0.05, 0) is 65.0 Å². The Kier molecular flexibility index (Phi) is 6.06. The van der Waals surface area contributed by atoms with Crippen LogP contribution in [0.5, 0.6) is 0 Å². The van der Waals surface area contributed by atoms with E-state index in [0.29, 0.717) is 10.9 Å². The Bertz CT molecular complexity index is 957. The highest BCUT2D eigenvalue weighted by molar-refractivity contribution is 9.10. The van der Waals surface area contributed by atoms with E-state index in [1.165, 1.54) is 17.3 Å². The van der Waals surface area contributed by atoms with E-state index in [4.69, 9.17) is 4.99 Å². The first-order valence-electron chi connectivity index (χ1n) is 9.77. The molecule has 0 radical (unpaired) electrons. The van der Waals surface area contributed by atoms with Crippen molar-refractivity contribution in [1.82, 2.24) is 4.90 Å². The molecule has 2 fully saturated rings. The molecule has 1 saturated heterocycles. The highest BCUT2D eigenvalue weighted by Gasteiger charge is 2.46. The van der Waals surface area contributed by atoms with Crippen molar-refractivity contribution in [2.24, 2.45) is 4.99 Å². The second-order valence-electron chi connectivity index (χ2n) is 7.19. The van der Waals surface area contributed by atoms with Crippen LogP contribution in [0, 0.1) is 0 Å². The first-order chi connectivity index (χ1) is 14.0. The van der Waals surface area contributed by atoms with Crippen LogP contribution in [0.2, 0.25) is 0 Å². The van der Waals surface area contributed by atoms with Crippen LogP contribution in [0.4, 0.5) is 11.4 Å². The number of benzene rings is 2. The Labute approximate surface area is 183 Å². The normalized spacial score (nSPS) is 20.3. The lowest BCUT2D eigenvalue weighted by Gasteiger charge is -2.15. The number of nitrogens with one attached hydrogen (secondary N) is 1. The summed E-state index contributed by atoms with van der Waals surface area (Å²) in [4.78, 5) is 32.0. The second kappa shape index (κ2) is 8.71. The zero-order valence-electron chi connectivity index (χ0n) is 16.1. The third kappa shape index (κ3) is 4.73. The molecule has 0 bridgehead atoms. The van der Waals surface area contributed by atoms with E-state index >= 15 is 0 Å². The van der Waals surface area contributed by atoms with Crippen molar-refractivity contribution < 1.29 is 9.59 Å². The van der Waals surface area contributed by atoms with Crippen molar-refractivity contribution in [1.29, 1.82) is 0 Å². The van der Waals surface area contributed by atoms with Gasteiger partial charge in [0.1, 0.15) is 5.25 Å². The minimum Gasteiger partial charge on any atom is -0.325 e. The van der Waals surface area contributed by atoms with Gasteiger partial charge < -0.3 is 5.32 Å². The molecule has 2 aromatic carbocycles. The minimum atomic E-state index is -0.438. The summed E-state index contributed by atoms with van der Waals surface area (Å²) in [6.07, 6.45) is 3.10. The Hall–Kier alpha value is -2.12. The van der Waals surface area contributed by atoms with Crippen LogP contribution in [0.15, 0.2) is 58.0 Å². The summed E-state index contributed by atoms with van der Waals surface area (Å²) in [5.41, 5.74) is 2.79. The summed E-state index contributed by atoms with van der Waals surface area (Å²) in [6.45, 7) is 2.12. The fourth-order valence-electron chi connectivity index (χ4n) is 3.21. The molecule has 1 atom stereocenters. The molecule has 1 aliphatic carbocycles. The van der Waals surface area contributed by atoms with Crippen LogP contribution in [-0.4, -0.2) is 33.2 Å². The quantitative estimate of drug-likeness (QED) is 0.634. The summed E-state index contributed by atoms with van der Waals surface area (Å²) >= 11 is 4.83. The molecular weight excluding hydrogens is 450 g/mol.